The third kappa shape index (κ3) is 5.99. The summed E-state index contributed by atoms with van der Waals surface area (Å²) in [5, 5.41) is 13.0. The highest BCUT2D eigenvalue weighted by Gasteiger charge is 2.31. The van der Waals surface area contributed by atoms with Crippen LogP contribution in [0, 0.1) is 0 Å². The van der Waals surface area contributed by atoms with E-state index in [-0.39, 0.29) is 12.4 Å². The highest BCUT2D eigenvalue weighted by Crippen LogP contribution is 2.23. The lowest BCUT2D eigenvalue weighted by molar-refractivity contribution is -0.0218. The number of alkyl carbamates (subject to hydrolysis) is 1. The molecule has 1 unspecified atom stereocenters. The summed E-state index contributed by atoms with van der Waals surface area (Å²) in [6, 6.07) is 17.4. The molecule has 178 valence electrons. The van der Waals surface area contributed by atoms with Crippen LogP contribution in [-0.4, -0.2) is 34.2 Å². The molecule has 0 bridgehead atoms. The molecule has 0 fully saturated rings. The molecule has 34 heavy (non-hydrogen) atoms. The van der Waals surface area contributed by atoms with E-state index < -0.39 is 40.9 Å². The second-order valence-electron chi connectivity index (χ2n) is 7.78. The van der Waals surface area contributed by atoms with Crippen LogP contribution < -0.4 is 15.6 Å². The van der Waals surface area contributed by atoms with Gasteiger partial charge in [0, 0.05) is 5.56 Å². The van der Waals surface area contributed by atoms with E-state index in [0.29, 0.717) is 5.56 Å². The van der Waals surface area contributed by atoms with E-state index in [1.54, 1.807) is 44.2 Å². The Morgan fingerprint density at radius 3 is 2.32 bits per heavy atom. The molecule has 3 aromatic rings. The third-order valence-corrected chi connectivity index (χ3v) is 4.79. The Morgan fingerprint density at radius 2 is 1.71 bits per heavy atom. The number of aromatic amines is 1. The molecule has 0 aliphatic heterocycles. The maximum absolute atomic E-state index is 12.8. The SMILES string of the molecule is COC(=O)c1nc(C(C)(C)NC(=O)OCc2ccccc2)[nH]c(=O)c1OC(O)c1ccccc1. The van der Waals surface area contributed by atoms with E-state index in [0.717, 1.165) is 12.7 Å². The van der Waals surface area contributed by atoms with Gasteiger partial charge in [0.05, 0.1) is 12.6 Å². The molecule has 1 amide bonds. The maximum Gasteiger partial charge on any atom is 0.408 e. The van der Waals surface area contributed by atoms with Gasteiger partial charge in [0.15, 0.2) is 5.69 Å². The summed E-state index contributed by atoms with van der Waals surface area (Å²) in [6.07, 6.45) is -2.28. The van der Waals surface area contributed by atoms with Crippen LogP contribution in [0.5, 0.6) is 5.75 Å². The Balaban J connectivity index is 1.83. The van der Waals surface area contributed by atoms with Crippen molar-refractivity contribution in [3.63, 3.8) is 0 Å². The van der Waals surface area contributed by atoms with Gasteiger partial charge in [-0.25, -0.2) is 14.6 Å². The molecule has 3 N–H and O–H groups in total. The third-order valence-electron chi connectivity index (χ3n) is 4.79. The summed E-state index contributed by atoms with van der Waals surface area (Å²) >= 11 is 0. The van der Waals surface area contributed by atoms with Crippen molar-refractivity contribution >= 4 is 12.1 Å². The lowest BCUT2D eigenvalue weighted by atomic mass is 10.0. The fraction of sp³-hybridized carbons (Fsp3) is 0.250. The zero-order valence-corrected chi connectivity index (χ0v) is 18.9. The fourth-order valence-electron chi connectivity index (χ4n) is 2.97. The Morgan fingerprint density at radius 1 is 1.09 bits per heavy atom. The van der Waals surface area contributed by atoms with Crippen LogP contribution in [0.15, 0.2) is 65.5 Å². The molecule has 1 heterocycles. The Bertz CT molecular complexity index is 1190. The molecule has 0 radical (unpaired) electrons. The monoisotopic (exact) mass is 467 g/mol. The van der Waals surface area contributed by atoms with Crippen LogP contribution in [0.3, 0.4) is 0 Å². The van der Waals surface area contributed by atoms with Crippen LogP contribution >= 0.6 is 0 Å². The maximum atomic E-state index is 12.8. The summed E-state index contributed by atoms with van der Waals surface area (Å²) in [4.78, 5) is 44.1. The number of aliphatic hydroxyl groups is 1. The van der Waals surface area contributed by atoms with Gasteiger partial charge in [-0.05, 0) is 19.4 Å². The van der Waals surface area contributed by atoms with Gasteiger partial charge >= 0.3 is 12.1 Å². The molecule has 10 heteroatoms. The molecule has 10 nitrogen and oxygen atoms in total. The van der Waals surface area contributed by atoms with E-state index in [2.05, 4.69) is 15.3 Å². The number of aromatic nitrogens is 2. The topological polar surface area (TPSA) is 140 Å². The number of nitrogens with one attached hydrogen (secondary N) is 2. The number of nitrogens with zero attached hydrogens (tertiary/aromatic N) is 1. The number of hydrogen-bond acceptors (Lipinski definition) is 8. The minimum atomic E-state index is -1.53. The fourth-order valence-corrected chi connectivity index (χ4v) is 2.97. The summed E-state index contributed by atoms with van der Waals surface area (Å²) in [5.41, 5.74) is -1.37. The number of esters is 1. The molecule has 0 aliphatic rings. The molecular formula is C24H25N3O7. The number of rotatable bonds is 8. The number of ether oxygens (including phenoxy) is 3. The summed E-state index contributed by atoms with van der Waals surface area (Å²) in [6.45, 7) is 3.18. The number of carbonyl (C=O) groups excluding carboxylic acids is 2. The molecule has 1 aromatic heterocycles. The van der Waals surface area contributed by atoms with Crippen LogP contribution in [0.4, 0.5) is 4.79 Å². The number of hydrogen-bond donors (Lipinski definition) is 3. The van der Waals surface area contributed by atoms with Crippen LogP contribution in [-0.2, 0) is 21.6 Å². The van der Waals surface area contributed by atoms with E-state index in [9.17, 15) is 19.5 Å². The Kier molecular flexibility index (Phi) is 7.64. The van der Waals surface area contributed by atoms with Crippen molar-refractivity contribution in [2.24, 2.45) is 0 Å². The zero-order chi connectivity index (χ0) is 24.7. The smallest absolute Gasteiger partial charge is 0.408 e. The van der Waals surface area contributed by atoms with Gasteiger partial charge in [0.2, 0.25) is 12.0 Å². The second-order valence-corrected chi connectivity index (χ2v) is 7.78. The van der Waals surface area contributed by atoms with Crippen LogP contribution in [0.1, 0.15) is 47.6 Å². The normalized spacial score (nSPS) is 11.9. The van der Waals surface area contributed by atoms with Crippen molar-refractivity contribution in [1.29, 1.82) is 0 Å². The number of carbonyl (C=O) groups is 2. The van der Waals surface area contributed by atoms with Gasteiger partial charge < -0.3 is 29.6 Å². The molecule has 0 saturated carbocycles. The van der Waals surface area contributed by atoms with Crippen molar-refractivity contribution in [1.82, 2.24) is 15.3 Å². The van der Waals surface area contributed by atoms with E-state index in [1.165, 1.54) is 0 Å². The van der Waals surface area contributed by atoms with Crippen LogP contribution in [0.25, 0.3) is 0 Å². The Hall–Kier alpha value is -4.18. The zero-order valence-electron chi connectivity index (χ0n) is 18.9. The quantitative estimate of drug-likeness (QED) is 0.339. The molecule has 0 aliphatic carbocycles. The van der Waals surface area contributed by atoms with E-state index in [1.807, 2.05) is 30.3 Å². The first-order chi connectivity index (χ1) is 16.2. The van der Waals surface area contributed by atoms with Gasteiger partial charge in [-0.1, -0.05) is 60.7 Å². The van der Waals surface area contributed by atoms with Gasteiger partial charge in [0.25, 0.3) is 5.56 Å². The highest BCUT2D eigenvalue weighted by molar-refractivity contribution is 5.90. The van der Waals surface area contributed by atoms with E-state index >= 15 is 0 Å². The van der Waals surface area contributed by atoms with Crippen molar-refractivity contribution in [2.75, 3.05) is 7.11 Å². The minimum absolute atomic E-state index is 0.0453. The Labute approximate surface area is 195 Å². The van der Waals surface area contributed by atoms with Gasteiger partial charge in [0.1, 0.15) is 12.4 Å². The first kappa shape index (κ1) is 24.5. The average Bonchev–Trinajstić information content (AvgIpc) is 2.84. The van der Waals surface area contributed by atoms with Crippen molar-refractivity contribution in [2.45, 2.75) is 32.3 Å². The highest BCUT2D eigenvalue weighted by atomic mass is 16.6. The summed E-state index contributed by atoms with van der Waals surface area (Å²) in [7, 11) is 1.12. The predicted octanol–water partition coefficient (Wildman–Crippen LogP) is 2.79. The van der Waals surface area contributed by atoms with E-state index in [4.69, 9.17) is 14.2 Å². The predicted molar refractivity (Wildman–Crippen MR) is 121 cm³/mol. The van der Waals surface area contributed by atoms with Gasteiger partial charge in [-0.15, -0.1) is 0 Å². The second kappa shape index (κ2) is 10.6. The number of amides is 1. The molecule has 3 rings (SSSR count). The first-order valence-corrected chi connectivity index (χ1v) is 10.3. The standard InChI is InChI=1S/C24H25N3O7/c1-24(2,27-23(31)33-14-15-10-6-4-7-11-15)22-25-17(21(30)32-3)18(19(28)26-22)34-20(29)16-12-8-5-9-13-16/h4-13,20,29H,14H2,1-3H3,(H,27,31)(H,25,26,28). The molecule has 0 spiro atoms. The number of H-pyrrole nitrogens is 1. The van der Waals surface area contributed by atoms with Crippen molar-refractivity contribution in [3.8, 4) is 5.75 Å². The largest absolute Gasteiger partial charge is 0.464 e. The number of methoxy groups -OCH3 is 1. The lowest BCUT2D eigenvalue weighted by Crippen LogP contribution is -2.44. The summed E-state index contributed by atoms with van der Waals surface area (Å²) in [5.74, 6) is -1.52. The van der Waals surface area contributed by atoms with Crippen molar-refractivity contribution < 1.29 is 28.9 Å². The summed E-state index contributed by atoms with van der Waals surface area (Å²) < 4.78 is 15.3. The van der Waals surface area contributed by atoms with Gasteiger partial charge in [-0.3, -0.25) is 4.79 Å². The molecule has 0 saturated heterocycles. The first-order valence-electron chi connectivity index (χ1n) is 10.3. The number of benzene rings is 2. The lowest BCUT2D eigenvalue weighted by Gasteiger charge is -2.25. The van der Waals surface area contributed by atoms with Crippen LogP contribution in [0.2, 0.25) is 0 Å². The molecule has 1 atom stereocenters. The average molecular weight is 467 g/mol. The minimum Gasteiger partial charge on any atom is -0.464 e. The molecular weight excluding hydrogens is 442 g/mol. The molecule has 2 aromatic carbocycles. The van der Waals surface area contributed by atoms with Gasteiger partial charge in [-0.2, -0.15) is 0 Å². The van der Waals surface area contributed by atoms with Crippen molar-refractivity contribution in [3.05, 3.63) is 93.7 Å². The number of aliphatic hydroxyl groups excluding tert-OH is 1.